The summed E-state index contributed by atoms with van der Waals surface area (Å²) in [5, 5.41) is 0. The van der Waals surface area contributed by atoms with Gasteiger partial charge in [-0.25, -0.2) is 9.59 Å². The van der Waals surface area contributed by atoms with Gasteiger partial charge in [-0.2, -0.15) is 0 Å². The zero-order valence-electron chi connectivity index (χ0n) is 16.4. The molecule has 0 aromatic carbocycles. The van der Waals surface area contributed by atoms with Crippen molar-refractivity contribution in [3.05, 3.63) is 30.1 Å². The highest BCUT2D eigenvalue weighted by molar-refractivity contribution is 5.94. The summed E-state index contributed by atoms with van der Waals surface area (Å²) in [7, 11) is 0. The molecule has 7 nitrogen and oxygen atoms in total. The second-order valence-corrected chi connectivity index (χ2v) is 7.74. The Morgan fingerprint density at radius 2 is 2.11 bits per heavy atom. The molecule has 2 aromatic heterocycles. The van der Waals surface area contributed by atoms with Crippen molar-refractivity contribution in [3.63, 3.8) is 0 Å². The minimum Gasteiger partial charge on any atom is -0.461 e. The van der Waals surface area contributed by atoms with Gasteiger partial charge < -0.3 is 18.9 Å². The van der Waals surface area contributed by atoms with Gasteiger partial charge >= 0.3 is 12.1 Å². The molecule has 3 heterocycles. The molecule has 1 atom stereocenters. The third kappa shape index (κ3) is 4.23. The van der Waals surface area contributed by atoms with E-state index in [2.05, 4.69) is 4.98 Å². The van der Waals surface area contributed by atoms with Crippen molar-refractivity contribution in [2.75, 3.05) is 13.2 Å². The van der Waals surface area contributed by atoms with Crippen molar-refractivity contribution in [2.24, 2.45) is 0 Å². The Bertz CT molecular complexity index is 837. The van der Waals surface area contributed by atoms with E-state index in [0.29, 0.717) is 25.4 Å². The van der Waals surface area contributed by atoms with Crippen LogP contribution in [0.4, 0.5) is 4.79 Å². The smallest absolute Gasteiger partial charge is 0.410 e. The molecule has 0 aliphatic carbocycles. The number of likely N-dealkylation sites (tertiary alicyclic amines) is 1. The highest BCUT2D eigenvalue weighted by atomic mass is 16.6. The summed E-state index contributed by atoms with van der Waals surface area (Å²) in [6.07, 6.45) is 3.17. The first-order chi connectivity index (χ1) is 12.8. The van der Waals surface area contributed by atoms with Gasteiger partial charge in [0.2, 0.25) is 0 Å². The average Bonchev–Trinajstić information content (AvgIpc) is 3.19. The van der Waals surface area contributed by atoms with Crippen LogP contribution in [-0.4, -0.2) is 51.3 Å². The Kier molecular flexibility index (Phi) is 5.39. The molecule has 1 saturated heterocycles. The predicted octanol–water partition coefficient (Wildman–Crippen LogP) is 3.61. The molecule has 1 aliphatic heterocycles. The Labute approximate surface area is 159 Å². The maximum Gasteiger partial charge on any atom is 0.410 e. The first-order valence-electron chi connectivity index (χ1n) is 9.41. The topological polar surface area (TPSA) is 73.7 Å². The SMILES string of the molecule is CCOC(=O)c1cc2ncccc2n1C[C@H]1CCCN1C(=O)OC(C)(C)C. The number of hydrogen-bond donors (Lipinski definition) is 0. The van der Waals surface area contributed by atoms with Crippen LogP contribution in [0.3, 0.4) is 0 Å². The van der Waals surface area contributed by atoms with Gasteiger partial charge in [0, 0.05) is 19.3 Å². The van der Waals surface area contributed by atoms with Crippen LogP contribution >= 0.6 is 0 Å². The van der Waals surface area contributed by atoms with E-state index < -0.39 is 5.60 Å². The van der Waals surface area contributed by atoms with Gasteiger partial charge in [0.05, 0.1) is 23.7 Å². The number of ether oxygens (including phenoxy) is 2. The fraction of sp³-hybridized carbons (Fsp3) is 0.550. The van der Waals surface area contributed by atoms with Crippen LogP contribution < -0.4 is 0 Å². The summed E-state index contributed by atoms with van der Waals surface area (Å²) in [6.45, 7) is 8.83. The van der Waals surface area contributed by atoms with Crippen molar-refractivity contribution in [2.45, 2.75) is 58.7 Å². The van der Waals surface area contributed by atoms with Crippen LogP contribution in [0.1, 0.15) is 51.0 Å². The largest absolute Gasteiger partial charge is 0.461 e. The lowest BCUT2D eigenvalue weighted by atomic mass is 10.2. The van der Waals surface area contributed by atoms with Gasteiger partial charge in [-0.3, -0.25) is 4.98 Å². The summed E-state index contributed by atoms with van der Waals surface area (Å²) in [5.74, 6) is -0.377. The number of hydrogen-bond acceptors (Lipinski definition) is 5. The van der Waals surface area contributed by atoms with Gasteiger partial charge in [0.1, 0.15) is 11.3 Å². The van der Waals surface area contributed by atoms with E-state index in [1.165, 1.54) is 0 Å². The van der Waals surface area contributed by atoms with E-state index in [1.807, 2.05) is 37.5 Å². The number of carbonyl (C=O) groups is 2. The third-order valence-electron chi connectivity index (χ3n) is 4.55. The fourth-order valence-electron chi connectivity index (χ4n) is 3.45. The zero-order chi connectivity index (χ0) is 19.6. The summed E-state index contributed by atoms with van der Waals surface area (Å²) in [5.41, 5.74) is 1.52. The Hall–Kier alpha value is -2.57. The summed E-state index contributed by atoms with van der Waals surface area (Å²) < 4.78 is 12.7. The second-order valence-electron chi connectivity index (χ2n) is 7.74. The van der Waals surface area contributed by atoms with E-state index >= 15 is 0 Å². The second kappa shape index (κ2) is 7.58. The van der Waals surface area contributed by atoms with E-state index in [0.717, 1.165) is 23.9 Å². The van der Waals surface area contributed by atoms with E-state index in [-0.39, 0.29) is 18.1 Å². The molecular weight excluding hydrogens is 346 g/mol. The molecule has 0 radical (unpaired) electrons. The van der Waals surface area contributed by atoms with E-state index in [1.54, 1.807) is 24.1 Å². The number of esters is 1. The predicted molar refractivity (Wildman–Crippen MR) is 102 cm³/mol. The molecule has 0 unspecified atom stereocenters. The normalized spacial score (nSPS) is 17.3. The Morgan fingerprint density at radius 1 is 1.33 bits per heavy atom. The van der Waals surface area contributed by atoms with Crippen LogP contribution in [0.25, 0.3) is 11.0 Å². The molecule has 0 spiro atoms. The molecule has 0 bridgehead atoms. The summed E-state index contributed by atoms with van der Waals surface area (Å²) in [4.78, 5) is 31.1. The van der Waals surface area contributed by atoms with Gasteiger partial charge in [0.15, 0.2) is 0 Å². The van der Waals surface area contributed by atoms with Crippen LogP contribution in [0.15, 0.2) is 24.4 Å². The lowest BCUT2D eigenvalue weighted by molar-refractivity contribution is 0.0214. The molecule has 1 amide bonds. The molecule has 7 heteroatoms. The molecule has 1 aliphatic rings. The zero-order valence-corrected chi connectivity index (χ0v) is 16.4. The van der Waals surface area contributed by atoms with E-state index in [9.17, 15) is 9.59 Å². The molecule has 2 aromatic rings. The van der Waals surface area contributed by atoms with Crippen LogP contribution in [0.2, 0.25) is 0 Å². The van der Waals surface area contributed by atoms with Crippen molar-refractivity contribution in [1.29, 1.82) is 0 Å². The number of amides is 1. The maximum absolute atomic E-state index is 12.6. The van der Waals surface area contributed by atoms with Crippen molar-refractivity contribution < 1.29 is 19.1 Å². The maximum atomic E-state index is 12.6. The van der Waals surface area contributed by atoms with Crippen molar-refractivity contribution in [3.8, 4) is 0 Å². The number of carbonyl (C=O) groups excluding carboxylic acids is 2. The molecule has 1 fully saturated rings. The number of pyridine rings is 1. The molecule has 0 saturated carbocycles. The molecular formula is C20H27N3O4. The lowest BCUT2D eigenvalue weighted by Gasteiger charge is -2.29. The van der Waals surface area contributed by atoms with Gasteiger partial charge in [-0.15, -0.1) is 0 Å². The molecule has 146 valence electrons. The van der Waals surface area contributed by atoms with E-state index in [4.69, 9.17) is 9.47 Å². The summed E-state index contributed by atoms with van der Waals surface area (Å²) >= 11 is 0. The molecule has 27 heavy (non-hydrogen) atoms. The standard InChI is InChI=1S/C20H27N3O4/c1-5-26-18(24)17-12-15-16(9-6-10-21-15)23(17)13-14-8-7-11-22(14)19(25)27-20(2,3)4/h6,9-10,12,14H,5,7-8,11,13H2,1-4H3/t14-/m1/s1. The number of rotatable bonds is 4. The minimum atomic E-state index is -0.537. The lowest BCUT2D eigenvalue weighted by Crippen LogP contribution is -2.41. The molecule has 3 rings (SSSR count). The Balaban J connectivity index is 1.89. The number of aromatic nitrogens is 2. The third-order valence-corrected chi connectivity index (χ3v) is 4.55. The fourth-order valence-corrected chi connectivity index (χ4v) is 3.45. The van der Waals surface area contributed by atoms with Crippen LogP contribution in [0.5, 0.6) is 0 Å². The first-order valence-corrected chi connectivity index (χ1v) is 9.41. The van der Waals surface area contributed by atoms with Crippen molar-refractivity contribution in [1.82, 2.24) is 14.5 Å². The molecule has 0 N–H and O–H groups in total. The highest BCUT2D eigenvalue weighted by Crippen LogP contribution is 2.26. The van der Waals surface area contributed by atoms with Crippen molar-refractivity contribution >= 4 is 23.1 Å². The number of nitrogens with zero attached hydrogens (tertiary/aromatic N) is 3. The van der Waals surface area contributed by atoms with Gasteiger partial charge in [-0.05, 0) is 58.7 Å². The highest BCUT2D eigenvalue weighted by Gasteiger charge is 2.33. The van der Waals surface area contributed by atoms with Gasteiger partial charge in [-0.1, -0.05) is 0 Å². The average molecular weight is 373 g/mol. The van der Waals surface area contributed by atoms with Gasteiger partial charge in [0.25, 0.3) is 0 Å². The monoisotopic (exact) mass is 373 g/mol. The number of fused-ring (bicyclic) bond motifs is 1. The van der Waals surface area contributed by atoms with Crippen LogP contribution in [0, 0.1) is 0 Å². The minimum absolute atomic E-state index is 0.0381. The Morgan fingerprint density at radius 3 is 2.81 bits per heavy atom. The first kappa shape index (κ1) is 19.2. The quantitative estimate of drug-likeness (QED) is 0.766. The van der Waals surface area contributed by atoms with Crippen LogP contribution in [-0.2, 0) is 16.0 Å². The summed E-state index contributed by atoms with van der Waals surface area (Å²) in [6, 6.07) is 5.48.